The highest BCUT2D eigenvalue weighted by Crippen LogP contribution is 2.51. The molecule has 1 aromatic heterocycles. The zero-order chi connectivity index (χ0) is 22.6. The Bertz CT molecular complexity index is 1050. The van der Waals surface area contributed by atoms with Crippen molar-refractivity contribution in [1.82, 2.24) is 14.9 Å². The molecule has 12 heteroatoms. The molecule has 0 unspecified atom stereocenters. The Morgan fingerprint density at radius 2 is 2.06 bits per heavy atom. The third-order valence-corrected chi connectivity index (χ3v) is 7.66. The number of phosphoric acid groups is 1. The van der Waals surface area contributed by atoms with Crippen LogP contribution in [0.15, 0.2) is 27.7 Å². The number of Topliss-reactive ketones (excluding diaryl/α,β-unsaturated/α-hetero) is 1. The van der Waals surface area contributed by atoms with E-state index >= 15 is 0 Å². The molecule has 2 atom stereocenters. The summed E-state index contributed by atoms with van der Waals surface area (Å²) in [6.45, 7) is 4.22. The Labute approximate surface area is 193 Å². The normalized spacial score (nSPS) is 19.2. The van der Waals surface area contributed by atoms with Crippen molar-refractivity contribution >= 4 is 52.0 Å². The van der Waals surface area contributed by atoms with Crippen LogP contribution in [0.3, 0.4) is 0 Å². The first-order chi connectivity index (χ1) is 14.8. The van der Waals surface area contributed by atoms with Crippen molar-refractivity contribution < 1.29 is 22.9 Å². The molecule has 1 saturated heterocycles. The Kier molecular flexibility index (Phi) is 8.43. The number of rotatable bonds is 10. The molecule has 2 aromatic rings. The lowest BCUT2D eigenvalue weighted by atomic mass is 10.1. The molecule has 1 N–H and O–H groups in total. The molecule has 1 aromatic carbocycles. The molecule has 0 amide bonds. The zero-order valence-corrected chi connectivity index (χ0v) is 20.4. The number of halogens is 2. The van der Waals surface area contributed by atoms with E-state index in [0.29, 0.717) is 33.4 Å². The number of fused-ring (bicyclic) bond motifs is 1. The Morgan fingerprint density at radius 3 is 2.74 bits per heavy atom. The van der Waals surface area contributed by atoms with Gasteiger partial charge in [0, 0.05) is 16.9 Å². The molecule has 1 fully saturated rings. The maximum Gasteiger partial charge on any atom is 0.475 e. The van der Waals surface area contributed by atoms with E-state index in [-0.39, 0.29) is 43.6 Å². The monoisotopic (exact) mass is 535 g/mol. The average Bonchev–Trinajstić information content (AvgIpc) is 3.12. The number of carbonyl (C=O) groups excluding carboxylic acids is 1. The molecule has 0 bridgehead atoms. The number of hydrogen-bond donors (Lipinski definition) is 1. The molecule has 0 saturated carbocycles. The molecule has 2 heterocycles. The molecular weight excluding hydrogens is 513 g/mol. The first-order valence-corrected chi connectivity index (χ1v) is 12.6. The number of nitrogens with zero attached hydrogens (tertiary/aromatic N) is 2. The minimum Gasteiger partial charge on any atom is -0.311 e. The van der Waals surface area contributed by atoms with Crippen molar-refractivity contribution in [3.05, 3.63) is 38.3 Å². The summed E-state index contributed by atoms with van der Waals surface area (Å²) >= 11 is 9.39. The fourth-order valence-electron chi connectivity index (χ4n) is 3.42. The largest absolute Gasteiger partial charge is 0.475 e. The van der Waals surface area contributed by atoms with Gasteiger partial charge >= 0.3 is 7.82 Å². The van der Waals surface area contributed by atoms with Crippen molar-refractivity contribution in [2.75, 3.05) is 19.8 Å². The topological polar surface area (TPSA) is 109 Å². The van der Waals surface area contributed by atoms with Crippen LogP contribution in [0.25, 0.3) is 10.9 Å². The van der Waals surface area contributed by atoms with Gasteiger partial charge in [0.05, 0.1) is 48.1 Å². The predicted octanol–water partition coefficient (Wildman–Crippen LogP) is 3.70. The van der Waals surface area contributed by atoms with Gasteiger partial charge in [0.1, 0.15) is 0 Å². The lowest BCUT2D eigenvalue weighted by Gasteiger charge is -2.24. The van der Waals surface area contributed by atoms with E-state index in [4.69, 9.17) is 25.2 Å². The average molecular weight is 537 g/mol. The second-order valence-corrected chi connectivity index (χ2v) is 9.86. The summed E-state index contributed by atoms with van der Waals surface area (Å²) in [4.78, 5) is 29.7. The van der Waals surface area contributed by atoms with Gasteiger partial charge in [0.15, 0.2) is 5.78 Å². The lowest BCUT2D eigenvalue weighted by molar-refractivity contribution is -0.120. The quantitative estimate of drug-likeness (QED) is 0.458. The van der Waals surface area contributed by atoms with Crippen LogP contribution < -0.4 is 10.9 Å². The molecular formula is C19H24BrClN3O6P. The van der Waals surface area contributed by atoms with Crippen LogP contribution in [0.4, 0.5) is 0 Å². The van der Waals surface area contributed by atoms with Gasteiger partial charge in [-0.3, -0.25) is 27.7 Å². The van der Waals surface area contributed by atoms with Crippen LogP contribution in [0.5, 0.6) is 0 Å². The highest BCUT2D eigenvalue weighted by Gasteiger charge is 2.37. The lowest BCUT2D eigenvalue weighted by Crippen LogP contribution is -2.36. The van der Waals surface area contributed by atoms with Crippen LogP contribution in [-0.4, -0.2) is 47.2 Å². The van der Waals surface area contributed by atoms with E-state index in [0.717, 1.165) is 0 Å². The summed E-state index contributed by atoms with van der Waals surface area (Å²) in [6, 6.07) is 2.82. The van der Waals surface area contributed by atoms with Gasteiger partial charge in [-0.2, -0.15) is 0 Å². The zero-order valence-electron chi connectivity index (χ0n) is 17.2. The van der Waals surface area contributed by atoms with Gasteiger partial charge in [0.2, 0.25) is 0 Å². The molecule has 1 aliphatic rings. The van der Waals surface area contributed by atoms with Gasteiger partial charge in [-0.1, -0.05) is 11.6 Å². The maximum absolute atomic E-state index is 12.7. The summed E-state index contributed by atoms with van der Waals surface area (Å²) in [5.41, 5.74) is 0.135. The standard InChI is InChI=1S/C19H24BrClN3O6P/c1-3-28-31(27,29-4-2)30-18-5-6-22-17(18)7-12(25)10-24-11-23-16-9-14(20)15(21)8-13(16)19(24)26/h8-9,11,17-18,22H,3-7,10H2,1-2H3/t17-,18+/m0/s1. The van der Waals surface area contributed by atoms with Crippen molar-refractivity contribution in [3.63, 3.8) is 0 Å². The maximum atomic E-state index is 12.7. The minimum atomic E-state index is -3.69. The highest BCUT2D eigenvalue weighted by molar-refractivity contribution is 9.10. The van der Waals surface area contributed by atoms with Crippen LogP contribution in [-0.2, 0) is 29.5 Å². The van der Waals surface area contributed by atoms with E-state index in [1.165, 1.54) is 17.0 Å². The molecule has 170 valence electrons. The third-order valence-electron chi connectivity index (χ3n) is 4.78. The second-order valence-electron chi connectivity index (χ2n) is 6.98. The highest BCUT2D eigenvalue weighted by atomic mass is 79.9. The number of carbonyl (C=O) groups is 1. The molecule has 3 rings (SSSR count). The molecule has 0 spiro atoms. The minimum absolute atomic E-state index is 0.0918. The van der Waals surface area contributed by atoms with Gasteiger partial charge in [-0.25, -0.2) is 9.55 Å². The predicted molar refractivity (Wildman–Crippen MR) is 120 cm³/mol. The summed E-state index contributed by atoms with van der Waals surface area (Å²) in [6.07, 6.45) is 1.49. The summed E-state index contributed by atoms with van der Waals surface area (Å²) in [5.74, 6) is -0.192. The number of nitrogens with one attached hydrogen (secondary N) is 1. The van der Waals surface area contributed by atoms with Crippen molar-refractivity contribution in [1.29, 1.82) is 0 Å². The first-order valence-electron chi connectivity index (χ1n) is 9.93. The Morgan fingerprint density at radius 1 is 1.35 bits per heavy atom. The van der Waals surface area contributed by atoms with E-state index < -0.39 is 13.9 Å². The SMILES string of the molecule is CCOP(=O)(OCC)O[C@@H]1CCN[C@H]1CC(=O)Cn1cnc2cc(Br)c(Cl)cc2c1=O. The van der Waals surface area contributed by atoms with Gasteiger partial charge in [0.25, 0.3) is 5.56 Å². The summed E-state index contributed by atoms with van der Waals surface area (Å²) in [7, 11) is -3.69. The van der Waals surface area contributed by atoms with Crippen LogP contribution in [0, 0.1) is 0 Å². The molecule has 1 aliphatic heterocycles. The van der Waals surface area contributed by atoms with E-state index in [9.17, 15) is 14.2 Å². The van der Waals surface area contributed by atoms with E-state index in [1.807, 2.05) is 0 Å². The molecule has 0 aliphatic carbocycles. The van der Waals surface area contributed by atoms with Crippen LogP contribution >= 0.6 is 35.4 Å². The number of phosphoric ester groups is 1. The van der Waals surface area contributed by atoms with Gasteiger partial charge < -0.3 is 5.32 Å². The molecule has 0 radical (unpaired) electrons. The summed E-state index contributed by atoms with van der Waals surface area (Å²) < 4.78 is 30.6. The Balaban J connectivity index is 1.70. The summed E-state index contributed by atoms with van der Waals surface area (Å²) in [5, 5.41) is 3.90. The molecule has 9 nitrogen and oxygen atoms in total. The smallest absolute Gasteiger partial charge is 0.311 e. The number of hydrogen-bond acceptors (Lipinski definition) is 8. The first kappa shape index (κ1) is 24.5. The van der Waals surface area contributed by atoms with E-state index in [2.05, 4.69) is 26.2 Å². The van der Waals surface area contributed by atoms with Crippen LogP contribution in [0.2, 0.25) is 5.02 Å². The van der Waals surface area contributed by atoms with Crippen LogP contribution in [0.1, 0.15) is 26.7 Å². The second kappa shape index (κ2) is 10.7. The Hall–Kier alpha value is -1.13. The van der Waals surface area contributed by atoms with Crippen molar-refractivity contribution in [2.24, 2.45) is 0 Å². The van der Waals surface area contributed by atoms with E-state index in [1.54, 1.807) is 19.9 Å². The van der Waals surface area contributed by atoms with Crippen molar-refractivity contribution in [2.45, 2.75) is 45.4 Å². The number of benzene rings is 1. The third kappa shape index (κ3) is 6.01. The molecule has 31 heavy (non-hydrogen) atoms. The van der Waals surface area contributed by atoms with Crippen molar-refractivity contribution in [3.8, 4) is 0 Å². The number of aromatic nitrogens is 2. The van der Waals surface area contributed by atoms with Gasteiger partial charge in [-0.05, 0) is 54.9 Å². The fourth-order valence-corrected chi connectivity index (χ4v) is 5.33. The fraction of sp³-hybridized carbons (Fsp3) is 0.526. The number of ketones is 1. The van der Waals surface area contributed by atoms with Gasteiger partial charge in [-0.15, -0.1) is 0 Å².